The number of amides is 1. The number of carbonyl (C=O) groups is 2. The molecule has 0 saturated heterocycles. The Morgan fingerprint density at radius 3 is 2.77 bits per heavy atom. The van der Waals surface area contributed by atoms with Crippen molar-refractivity contribution in [2.75, 3.05) is 18.9 Å². The molecule has 0 saturated carbocycles. The Morgan fingerprint density at radius 1 is 1.27 bits per heavy atom. The van der Waals surface area contributed by atoms with Gasteiger partial charge < -0.3 is 10.1 Å². The first-order valence-corrected chi connectivity index (χ1v) is 8.74. The Hall–Kier alpha value is -1.49. The van der Waals surface area contributed by atoms with Crippen LogP contribution < -0.4 is 5.32 Å². The first-order valence-electron chi connectivity index (χ1n) is 7.59. The lowest BCUT2D eigenvalue weighted by Gasteiger charge is -2.08. The van der Waals surface area contributed by atoms with Gasteiger partial charge in [-0.15, -0.1) is 11.8 Å². The Bertz CT molecular complexity index is 503. The van der Waals surface area contributed by atoms with E-state index in [0.717, 1.165) is 5.75 Å². The van der Waals surface area contributed by atoms with Gasteiger partial charge in [-0.2, -0.15) is 0 Å². The molecule has 0 spiro atoms. The van der Waals surface area contributed by atoms with Gasteiger partial charge >= 0.3 is 5.97 Å². The van der Waals surface area contributed by atoms with Crippen molar-refractivity contribution in [3.8, 4) is 0 Å². The van der Waals surface area contributed by atoms with Gasteiger partial charge in [0.1, 0.15) is 0 Å². The SMILES string of the molecule is CCOC(=O)CCCNC(=O)CSCc1cc(C)ccc1C. The van der Waals surface area contributed by atoms with Crippen molar-refractivity contribution in [2.45, 2.75) is 39.4 Å². The van der Waals surface area contributed by atoms with Crippen molar-refractivity contribution in [1.82, 2.24) is 5.32 Å². The van der Waals surface area contributed by atoms with Crippen molar-refractivity contribution in [3.63, 3.8) is 0 Å². The summed E-state index contributed by atoms with van der Waals surface area (Å²) in [7, 11) is 0. The highest BCUT2D eigenvalue weighted by molar-refractivity contribution is 7.99. The molecular formula is C17H25NO3S. The van der Waals surface area contributed by atoms with E-state index >= 15 is 0 Å². The summed E-state index contributed by atoms with van der Waals surface area (Å²) in [4.78, 5) is 22.8. The van der Waals surface area contributed by atoms with Crippen molar-refractivity contribution in [2.24, 2.45) is 0 Å². The summed E-state index contributed by atoms with van der Waals surface area (Å²) in [6.07, 6.45) is 0.968. The molecule has 0 heterocycles. The second-order valence-corrected chi connectivity index (χ2v) is 6.17. The van der Waals surface area contributed by atoms with Gasteiger partial charge in [0.2, 0.25) is 5.91 Å². The highest BCUT2D eigenvalue weighted by atomic mass is 32.2. The monoisotopic (exact) mass is 323 g/mol. The maximum atomic E-state index is 11.7. The molecule has 0 bridgehead atoms. The van der Waals surface area contributed by atoms with Gasteiger partial charge in [-0.25, -0.2) is 0 Å². The number of benzene rings is 1. The molecule has 0 radical (unpaired) electrons. The molecule has 1 aromatic rings. The molecule has 22 heavy (non-hydrogen) atoms. The largest absolute Gasteiger partial charge is 0.466 e. The molecule has 0 aliphatic heterocycles. The van der Waals surface area contributed by atoms with E-state index < -0.39 is 0 Å². The first-order chi connectivity index (χ1) is 10.5. The van der Waals surface area contributed by atoms with E-state index in [2.05, 4.69) is 37.4 Å². The predicted octanol–water partition coefficient (Wildman–Crippen LogP) is 3.00. The molecule has 1 aromatic carbocycles. The second-order valence-electron chi connectivity index (χ2n) is 5.18. The summed E-state index contributed by atoms with van der Waals surface area (Å²) in [6, 6.07) is 6.38. The third-order valence-corrected chi connectivity index (χ3v) is 4.16. The van der Waals surface area contributed by atoms with Crippen LogP contribution in [0.4, 0.5) is 0 Å². The molecule has 1 N–H and O–H groups in total. The summed E-state index contributed by atoms with van der Waals surface area (Å²) < 4.78 is 4.83. The van der Waals surface area contributed by atoms with Crippen LogP contribution in [0, 0.1) is 13.8 Å². The summed E-state index contributed by atoms with van der Waals surface area (Å²) in [5.74, 6) is 1.08. The molecular weight excluding hydrogens is 298 g/mol. The van der Waals surface area contributed by atoms with E-state index in [9.17, 15) is 9.59 Å². The minimum atomic E-state index is -0.207. The van der Waals surface area contributed by atoms with E-state index in [1.54, 1.807) is 18.7 Å². The van der Waals surface area contributed by atoms with Crippen LogP contribution in [0.3, 0.4) is 0 Å². The van der Waals surface area contributed by atoms with Gasteiger partial charge in [-0.05, 0) is 38.3 Å². The van der Waals surface area contributed by atoms with Crippen molar-refractivity contribution >= 4 is 23.6 Å². The van der Waals surface area contributed by atoms with Gasteiger partial charge in [-0.3, -0.25) is 9.59 Å². The lowest BCUT2D eigenvalue weighted by atomic mass is 10.1. The zero-order chi connectivity index (χ0) is 16.4. The fourth-order valence-electron chi connectivity index (χ4n) is 1.95. The standard InChI is InChI=1S/C17H25NO3S/c1-4-21-17(20)6-5-9-18-16(19)12-22-11-15-10-13(2)7-8-14(15)3/h7-8,10H,4-6,9,11-12H2,1-3H3,(H,18,19). The Morgan fingerprint density at radius 2 is 2.05 bits per heavy atom. The third kappa shape index (κ3) is 7.50. The number of hydrogen-bond donors (Lipinski definition) is 1. The lowest BCUT2D eigenvalue weighted by molar-refractivity contribution is -0.143. The Balaban J connectivity index is 2.16. The van der Waals surface area contributed by atoms with E-state index in [-0.39, 0.29) is 11.9 Å². The normalized spacial score (nSPS) is 10.3. The number of thioether (sulfide) groups is 1. The van der Waals surface area contributed by atoms with Crippen molar-refractivity contribution in [3.05, 3.63) is 34.9 Å². The van der Waals surface area contributed by atoms with E-state index in [1.807, 2.05) is 0 Å². The minimum Gasteiger partial charge on any atom is -0.466 e. The van der Waals surface area contributed by atoms with Crippen LogP contribution in [-0.2, 0) is 20.1 Å². The average molecular weight is 323 g/mol. The van der Waals surface area contributed by atoms with Crippen LogP contribution >= 0.6 is 11.8 Å². The summed E-state index contributed by atoms with van der Waals surface area (Å²) in [5.41, 5.74) is 3.78. The number of rotatable bonds is 9. The van der Waals surface area contributed by atoms with E-state index in [1.165, 1.54) is 16.7 Å². The zero-order valence-corrected chi connectivity index (χ0v) is 14.4. The fourth-order valence-corrected chi connectivity index (χ4v) is 2.87. The first kappa shape index (κ1) is 18.6. The number of ether oxygens (including phenoxy) is 1. The maximum absolute atomic E-state index is 11.7. The number of carbonyl (C=O) groups excluding carboxylic acids is 2. The summed E-state index contributed by atoms with van der Waals surface area (Å²) in [5, 5.41) is 2.82. The van der Waals surface area contributed by atoms with Crippen LogP contribution in [0.1, 0.15) is 36.5 Å². The van der Waals surface area contributed by atoms with Gasteiger partial charge in [-0.1, -0.05) is 23.8 Å². The molecule has 122 valence electrons. The molecule has 5 heteroatoms. The molecule has 1 rings (SSSR count). The molecule has 1 amide bonds. The number of aryl methyl sites for hydroxylation is 2. The fraction of sp³-hybridized carbons (Fsp3) is 0.529. The second kappa shape index (κ2) is 10.3. The smallest absolute Gasteiger partial charge is 0.305 e. The van der Waals surface area contributed by atoms with Crippen LogP contribution in [0.25, 0.3) is 0 Å². The topological polar surface area (TPSA) is 55.4 Å². The third-order valence-electron chi connectivity index (χ3n) is 3.18. The Kier molecular flexibility index (Phi) is 8.67. The van der Waals surface area contributed by atoms with Crippen LogP contribution in [0.15, 0.2) is 18.2 Å². The number of esters is 1. The average Bonchev–Trinajstić information content (AvgIpc) is 2.47. The zero-order valence-electron chi connectivity index (χ0n) is 13.6. The molecule has 0 atom stereocenters. The molecule has 0 aromatic heterocycles. The van der Waals surface area contributed by atoms with Crippen LogP contribution in [0.5, 0.6) is 0 Å². The van der Waals surface area contributed by atoms with Gasteiger partial charge in [0.25, 0.3) is 0 Å². The highest BCUT2D eigenvalue weighted by Gasteiger charge is 2.05. The minimum absolute atomic E-state index is 0.0131. The van der Waals surface area contributed by atoms with Gasteiger partial charge in [0, 0.05) is 18.7 Å². The molecule has 0 unspecified atom stereocenters. The van der Waals surface area contributed by atoms with Crippen molar-refractivity contribution < 1.29 is 14.3 Å². The number of hydrogen-bond acceptors (Lipinski definition) is 4. The van der Waals surface area contributed by atoms with Gasteiger partial charge in [0.05, 0.1) is 12.4 Å². The molecule has 0 fully saturated rings. The Labute approximate surface area is 137 Å². The van der Waals surface area contributed by atoms with Gasteiger partial charge in [0.15, 0.2) is 0 Å². The predicted molar refractivity (Wildman–Crippen MR) is 91.0 cm³/mol. The van der Waals surface area contributed by atoms with Crippen LogP contribution in [0.2, 0.25) is 0 Å². The summed E-state index contributed by atoms with van der Waals surface area (Å²) >= 11 is 1.61. The van der Waals surface area contributed by atoms with E-state index in [0.29, 0.717) is 31.7 Å². The molecule has 0 aliphatic carbocycles. The maximum Gasteiger partial charge on any atom is 0.305 e. The van der Waals surface area contributed by atoms with Crippen LogP contribution in [-0.4, -0.2) is 30.8 Å². The lowest BCUT2D eigenvalue weighted by Crippen LogP contribution is -2.26. The van der Waals surface area contributed by atoms with Crippen molar-refractivity contribution in [1.29, 1.82) is 0 Å². The highest BCUT2D eigenvalue weighted by Crippen LogP contribution is 2.17. The molecule has 0 aliphatic rings. The molecule has 4 nitrogen and oxygen atoms in total. The number of nitrogens with one attached hydrogen (secondary N) is 1. The summed E-state index contributed by atoms with van der Waals surface area (Å²) in [6.45, 7) is 6.86. The van der Waals surface area contributed by atoms with E-state index in [4.69, 9.17) is 4.74 Å². The quantitative estimate of drug-likeness (QED) is 0.561.